The van der Waals surface area contributed by atoms with Crippen molar-refractivity contribution >= 4 is 33.2 Å². The van der Waals surface area contributed by atoms with Gasteiger partial charge >= 0.3 is 0 Å². The number of hydrogen-bond acceptors (Lipinski definition) is 4. The van der Waals surface area contributed by atoms with E-state index in [0.717, 1.165) is 5.56 Å². The topological polar surface area (TPSA) is 85.3 Å². The van der Waals surface area contributed by atoms with Crippen molar-refractivity contribution in [2.45, 2.75) is 18.1 Å². The number of sulfonamides is 1. The van der Waals surface area contributed by atoms with E-state index in [4.69, 9.17) is 33.4 Å². The third-order valence-electron chi connectivity index (χ3n) is 2.80. The van der Waals surface area contributed by atoms with Crippen LogP contribution in [0.15, 0.2) is 39.8 Å². The molecule has 0 radical (unpaired) electrons. The summed E-state index contributed by atoms with van der Waals surface area (Å²) in [5.74, 6) is 0.413. The third-order valence-corrected chi connectivity index (χ3v) is 4.72. The standard InChI is InChI=1S/C13H14Cl2N2O3S/c14-10-2-1-9(12(15)7-10)5-6-17-21(18,19)13-4-3-11(8-16)20-13/h1-4,7,17H,5-6,8,16H2. The van der Waals surface area contributed by atoms with Gasteiger partial charge in [0.1, 0.15) is 5.76 Å². The minimum absolute atomic E-state index is 0.148. The zero-order valence-corrected chi connectivity index (χ0v) is 13.3. The molecule has 2 rings (SSSR count). The molecule has 0 saturated carbocycles. The fourth-order valence-corrected chi connectivity index (χ4v) is 3.21. The minimum Gasteiger partial charge on any atom is -0.447 e. The van der Waals surface area contributed by atoms with E-state index >= 15 is 0 Å². The number of nitrogens with one attached hydrogen (secondary N) is 1. The minimum atomic E-state index is -3.68. The number of nitrogens with two attached hydrogens (primary N) is 1. The fraction of sp³-hybridized carbons (Fsp3) is 0.231. The molecule has 0 fully saturated rings. The molecular weight excluding hydrogens is 335 g/mol. The molecule has 0 amide bonds. The van der Waals surface area contributed by atoms with Gasteiger partial charge in [0.2, 0.25) is 5.09 Å². The highest BCUT2D eigenvalue weighted by atomic mass is 35.5. The first kappa shape index (κ1) is 16.3. The first-order valence-corrected chi connectivity index (χ1v) is 8.38. The highest BCUT2D eigenvalue weighted by Crippen LogP contribution is 2.21. The summed E-state index contributed by atoms with van der Waals surface area (Å²) < 4.78 is 31.6. The summed E-state index contributed by atoms with van der Waals surface area (Å²) in [7, 11) is -3.68. The van der Waals surface area contributed by atoms with Gasteiger partial charge in [-0.3, -0.25) is 0 Å². The van der Waals surface area contributed by atoms with Gasteiger partial charge in [0.05, 0.1) is 6.54 Å². The molecule has 0 aliphatic carbocycles. The fourth-order valence-electron chi connectivity index (χ4n) is 1.73. The Morgan fingerprint density at radius 2 is 1.95 bits per heavy atom. The summed E-state index contributed by atoms with van der Waals surface area (Å²) in [6.45, 7) is 0.345. The van der Waals surface area contributed by atoms with Gasteiger partial charge in [0, 0.05) is 16.6 Å². The van der Waals surface area contributed by atoms with Crippen LogP contribution in [0, 0.1) is 0 Å². The first-order chi connectivity index (χ1) is 9.92. The van der Waals surface area contributed by atoms with E-state index in [1.165, 1.54) is 12.1 Å². The van der Waals surface area contributed by atoms with Crippen molar-refractivity contribution in [3.63, 3.8) is 0 Å². The van der Waals surface area contributed by atoms with Gasteiger partial charge in [-0.25, -0.2) is 13.1 Å². The molecule has 21 heavy (non-hydrogen) atoms. The van der Waals surface area contributed by atoms with E-state index in [0.29, 0.717) is 22.2 Å². The quantitative estimate of drug-likeness (QED) is 0.839. The lowest BCUT2D eigenvalue weighted by molar-refractivity contribution is 0.413. The van der Waals surface area contributed by atoms with Crippen LogP contribution in [0.5, 0.6) is 0 Å². The Kier molecular flexibility index (Phi) is 5.29. The van der Waals surface area contributed by atoms with Crippen LogP contribution >= 0.6 is 23.2 Å². The van der Waals surface area contributed by atoms with Crippen molar-refractivity contribution in [1.82, 2.24) is 4.72 Å². The molecule has 1 aromatic heterocycles. The van der Waals surface area contributed by atoms with Gasteiger partial charge < -0.3 is 10.2 Å². The van der Waals surface area contributed by atoms with Crippen LogP contribution in [0.3, 0.4) is 0 Å². The second kappa shape index (κ2) is 6.81. The number of rotatable bonds is 6. The average Bonchev–Trinajstić information content (AvgIpc) is 2.91. The van der Waals surface area contributed by atoms with Crippen molar-refractivity contribution < 1.29 is 12.8 Å². The van der Waals surface area contributed by atoms with Gasteiger partial charge in [-0.05, 0) is 36.2 Å². The lowest BCUT2D eigenvalue weighted by Crippen LogP contribution is -2.25. The monoisotopic (exact) mass is 348 g/mol. The second-order valence-electron chi connectivity index (χ2n) is 4.31. The predicted molar refractivity (Wildman–Crippen MR) is 82.0 cm³/mol. The molecule has 0 aliphatic heterocycles. The van der Waals surface area contributed by atoms with Crippen molar-refractivity contribution in [2.75, 3.05) is 6.54 Å². The van der Waals surface area contributed by atoms with Gasteiger partial charge in [-0.2, -0.15) is 0 Å². The summed E-state index contributed by atoms with van der Waals surface area (Å²) >= 11 is 11.8. The number of benzene rings is 1. The Morgan fingerprint density at radius 1 is 1.19 bits per heavy atom. The maximum atomic E-state index is 12.0. The Hall–Kier alpha value is -1.05. The molecule has 0 aliphatic rings. The zero-order valence-electron chi connectivity index (χ0n) is 11.0. The van der Waals surface area contributed by atoms with Crippen LogP contribution in [0.4, 0.5) is 0 Å². The summed E-state index contributed by atoms with van der Waals surface area (Å²) in [4.78, 5) is 0. The van der Waals surface area contributed by atoms with E-state index in [-0.39, 0.29) is 18.2 Å². The van der Waals surface area contributed by atoms with E-state index in [1.807, 2.05) is 0 Å². The van der Waals surface area contributed by atoms with Gasteiger partial charge in [-0.1, -0.05) is 29.3 Å². The Labute approximate surface area is 133 Å². The Bertz CT molecular complexity index is 729. The number of halogens is 2. The molecule has 114 valence electrons. The lowest BCUT2D eigenvalue weighted by atomic mass is 10.1. The zero-order chi connectivity index (χ0) is 15.5. The molecule has 0 unspecified atom stereocenters. The lowest BCUT2D eigenvalue weighted by Gasteiger charge is -2.06. The molecule has 0 saturated heterocycles. The van der Waals surface area contributed by atoms with Crippen molar-refractivity contribution in [1.29, 1.82) is 0 Å². The van der Waals surface area contributed by atoms with Crippen LogP contribution in [0.2, 0.25) is 10.0 Å². The molecule has 1 aromatic carbocycles. The van der Waals surface area contributed by atoms with Crippen LogP contribution in [0.1, 0.15) is 11.3 Å². The van der Waals surface area contributed by atoms with E-state index in [2.05, 4.69) is 4.72 Å². The number of hydrogen-bond donors (Lipinski definition) is 2. The molecule has 5 nitrogen and oxygen atoms in total. The highest BCUT2D eigenvalue weighted by Gasteiger charge is 2.18. The Morgan fingerprint density at radius 3 is 2.57 bits per heavy atom. The Balaban J connectivity index is 1.99. The average molecular weight is 349 g/mol. The van der Waals surface area contributed by atoms with Gasteiger partial charge in [-0.15, -0.1) is 0 Å². The smallest absolute Gasteiger partial charge is 0.273 e. The van der Waals surface area contributed by atoms with Gasteiger partial charge in [0.15, 0.2) is 0 Å². The maximum absolute atomic E-state index is 12.0. The molecule has 3 N–H and O–H groups in total. The molecular formula is C13H14Cl2N2O3S. The van der Waals surface area contributed by atoms with Crippen molar-refractivity contribution in [2.24, 2.45) is 5.73 Å². The first-order valence-electron chi connectivity index (χ1n) is 6.15. The number of furan rings is 1. The van der Waals surface area contributed by atoms with Crippen LogP contribution in [-0.2, 0) is 23.0 Å². The van der Waals surface area contributed by atoms with Crippen LogP contribution < -0.4 is 10.5 Å². The molecule has 2 aromatic rings. The summed E-state index contributed by atoms with van der Waals surface area (Å²) in [5, 5.41) is 0.893. The summed E-state index contributed by atoms with van der Waals surface area (Å²) in [6.07, 6.45) is 0.444. The van der Waals surface area contributed by atoms with Crippen LogP contribution in [0.25, 0.3) is 0 Å². The highest BCUT2D eigenvalue weighted by molar-refractivity contribution is 7.89. The van der Waals surface area contributed by atoms with E-state index in [1.54, 1.807) is 18.2 Å². The summed E-state index contributed by atoms with van der Waals surface area (Å²) in [6, 6.07) is 7.99. The molecule has 8 heteroatoms. The van der Waals surface area contributed by atoms with Crippen molar-refractivity contribution in [3.8, 4) is 0 Å². The van der Waals surface area contributed by atoms with Gasteiger partial charge in [0.25, 0.3) is 10.0 Å². The molecule has 0 atom stereocenters. The SMILES string of the molecule is NCc1ccc(S(=O)(=O)NCCc2ccc(Cl)cc2Cl)o1. The normalized spacial score (nSPS) is 11.8. The molecule has 0 spiro atoms. The molecule has 1 heterocycles. The second-order valence-corrected chi connectivity index (χ2v) is 6.85. The van der Waals surface area contributed by atoms with Crippen LogP contribution in [-0.4, -0.2) is 15.0 Å². The summed E-state index contributed by atoms with van der Waals surface area (Å²) in [5.41, 5.74) is 6.19. The third kappa shape index (κ3) is 4.21. The van der Waals surface area contributed by atoms with E-state index in [9.17, 15) is 8.42 Å². The molecule has 0 bridgehead atoms. The largest absolute Gasteiger partial charge is 0.447 e. The predicted octanol–water partition coefficient (Wildman–Crippen LogP) is 2.57. The maximum Gasteiger partial charge on any atom is 0.273 e. The van der Waals surface area contributed by atoms with E-state index < -0.39 is 10.0 Å². The van der Waals surface area contributed by atoms with Crippen molar-refractivity contribution in [3.05, 3.63) is 51.7 Å².